The maximum atomic E-state index is 10.2. The summed E-state index contributed by atoms with van der Waals surface area (Å²) in [6.45, 7) is 6.21. The van der Waals surface area contributed by atoms with Crippen molar-refractivity contribution in [1.82, 2.24) is 0 Å². The predicted molar refractivity (Wildman–Crippen MR) is 63.1 cm³/mol. The normalized spacial score (nSPS) is 56.1. The molecule has 0 aromatic rings. The molecular formula is C10H16Br2O2. The lowest BCUT2D eigenvalue weighted by Gasteiger charge is -2.40. The van der Waals surface area contributed by atoms with Gasteiger partial charge in [0.05, 0.1) is 27.0 Å². The first-order valence-electron chi connectivity index (χ1n) is 4.95. The molecule has 0 radical (unpaired) electrons. The van der Waals surface area contributed by atoms with Crippen molar-refractivity contribution in [1.29, 1.82) is 0 Å². The quantitative estimate of drug-likeness (QED) is 0.693. The molecule has 0 aromatic carbocycles. The molecule has 1 heterocycles. The zero-order valence-corrected chi connectivity index (χ0v) is 11.8. The van der Waals surface area contributed by atoms with E-state index in [1.807, 2.05) is 0 Å². The Balaban J connectivity index is 2.35. The van der Waals surface area contributed by atoms with Gasteiger partial charge in [-0.25, -0.2) is 0 Å². The van der Waals surface area contributed by atoms with Crippen LogP contribution < -0.4 is 0 Å². The van der Waals surface area contributed by atoms with E-state index in [-0.39, 0.29) is 32.9 Å². The molecule has 2 aliphatic rings. The van der Waals surface area contributed by atoms with E-state index in [0.717, 1.165) is 6.42 Å². The highest BCUT2D eigenvalue weighted by atomic mass is 79.9. The highest BCUT2D eigenvalue weighted by Crippen LogP contribution is 2.53. The Morgan fingerprint density at radius 1 is 1.36 bits per heavy atom. The third-order valence-corrected chi connectivity index (χ3v) is 6.80. The second-order valence-corrected chi connectivity index (χ2v) is 7.79. The molecule has 0 spiro atoms. The molecule has 5 atom stereocenters. The molecule has 1 N–H and O–H groups in total. The molecule has 5 unspecified atom stereocenters. The molecule has 1 aliphatic heterocycles. The molecule has 4 heteroatoms. The molecule has 2 bridgehead atoms. The fraction of sp³-hybridized carbons (Fsp3) is 1.00. The third kappa shape index (κ3) is 1.41. The van der Waals surface area contributed by atoms with Gasteiger partial charge in [-0.2, -0.15) is 0 Å². The molecule has 2 fully saturated rings. The van der Waals surface area contributed by atoms with E-state index < -0.39 is 0 Å². The van der Waals surface area contributed by atoms with Crippen LogP contribution in [0.15, 0.2) is 0 Å². The van der Waals surface area contributed by atoms with Crippen LogP contribution in [0, 0.1) is 5.92 Å². The minimum atomic E-state index is -0.340. The fourth-order valence-electron chi connectivity index (χ4n) is 2.63. The molecular weight excluding hydrogens is 312 g/mol. The zero-order chi connectivity index (χ0) is 10.7. The van der Waals surface area contributed by atoms with Crippen LogP contribution in [0.1, 0.15) is 27.2 Å². The van der Waals surface area contributed by atoms with Crippen molar-refractivity contribution < 1.29 is 9.84 Å². The van der Waals surface area contributed by atoms with Gasteiger partial charge in [0.1, 0.15) is 0 Å². The van der Waals surface area contributed by atoms with Crippen molar-refractivity contribution in [2.45, 2.75) is 54.2 Å². The molecule has 82 valence electrons. The first kappa shape index (κ1) is 11.4. The summed E-state index contributed by atoms with van der Waals surface area (Å²) in [7, 11) is 0. The minimum absolute atomic E-state index is 0.0560. The van der Waals surface area contributed by atoms with Crippen LogP contribution in [0.3, 0.4) is 0 Å². The molecule has 1 aliphatic carbocycles. The van der Waals surface area contributed by atoms with E-state index in [1.54, 1.807) is 0 Å². The summed E-state index contributed by atoms with van der Waals surface area (Å²) in [5.41, 5.74) is -0.207. The summed E-state index contributed by atoms with van der Waals surface area (Å²) >= 11 is 7.24. The van der Waals surface area contributed by atoms with Crippen molar-refractivity contribution in [2.24, 2.45) is 5.92 Å². The Labute approximate surface area is 102 Å². The lowest BCUT2D eigenvalue weighted by Crippen LogP contribution is -2.52. The van der Waals surface area contributed by atoms with Gasteiger partial charge in [0, 0.05) is 5.92 Å². The molecule has 1 saturated heterocycles. The number of aliphatic hydroxyl groups is 1. The lowest BCUT2D eigenvalue weighted by molar-refractivity contribution is -0.0381. The lowest BCUT2D eigenvalue weighted by atomic mass is 9.75. The monoisotopic (exact) mass is 326 g/mol. The van der Waals surface area contributed by atoms with Gasteiger partial charge < -0.3 is 9.84 Å². The van der Waals surface area contributed by atoms with E-state index in [1.165, 1.54) is 0 Å². The van der Waals surface area contributed by atoms with Crippen molar-refractivity contribution in [3.05, 3.63) is 0 Å². The molecule has 0 amide bonds. The van der Waals surface area contributed by atoms with Gasteiger partial charge >= 0.3 is 0 Å². The van der Waals surface area contributed by atoms with Crippen molar-refractivity contribution in [2.75, 3.05) is 0 Å². The van der Waals surface area contributed by atoms with E-state index >= 15 is 0 Å². The van der Waals surface area contributed by atoms with Crippen LogP contribution in [0.25, 0.3) is 0 Å². The van der Waals surface area contributed by atoms with Crippen LogP contribution in [0.4, 0.5) is 0 Å². The second-order valence-electron chi connectivity index (χ2n) is 5.10. The highest BCUT2D eigenvalue weighted by Gasteiger charge is 2.60. The van der Waals surface area contributed by atoms with Gasteiger partial charge in [-0.3, -0.25) is 0 Å². The first-order chi connectivity index (χ1) is 6.27. The molecule has 2 nitrogen and oxygen atoms in total. The zero-order valence-electron chi connectivity index (χ0n) is 8.63. The van der Waals surface area contributed by atoms with Gasteiger partial charge in [-0.15, -0.1) is 0 Å². The van der Waals surface area contributed by atoms with Crippen LogP contribution in [0.2, 0.25) is 0 Å². The number of alkyl halides is 2. The smallest absolute Gasteiger partial charge is 0.0749 e. The number of fused-ring (bicyclic) bond motifs is 2. The summed E-state index contributed by atoms with van der Waals surface area (Å²) < 4.78 is 5.82. The Hall–Kier alpha value is 0.880. The minimum Gasteiger partial charge on any atom is -0.392 e. The summed E-state index contributed by atoms with van der Waals surface area (Å²) in [5.74, 6) is 0.238. The van der Waals surface area contributed by atoms with Crippen molar-refractivity contribution >= 4 is 31.9 Å². The summed E-state index contributed by atoms with van der Waals surface area (Å²) in [4.78, 5) is 0.0560. The number of aliphatic hydroxyl groups excluding tert-OH is 1. The SMILES string of the molecule is CC1(C)OC2CC1C(O)C(Br)C2(C)Br. The average molecular weight is 328 g/mol. The van der Waals surface area contributed by atoms with Gasteiger partial charge in [-0.1, -0.05) is 31.9 Å². The molecule has 14 heavy (non-hydrogen) atoms. The summed E-state index contributed by atoms with van der Waals surface area (Å²) in [5, 5.41) is 10.2. The van der Waals surface area contributed by atoms with Crippen LogP contribution in [-0.4, -0.2) is 32.1 Å². The number of halogens is 2. The molecule has 1 saturated carbocycles. The van der Waals surface area contributed by atoms with Gasteiger partial charge in [0.2, 0.25) is 0 Å². The van der Waals surface area contributed by atoms with Gasteiger partial charge in [0.15, 0.2) is 0 Å². The second kappa shape index (κ2) is 3.19. The number of ether oxygens (including phenoxy) is 1. The number of hydrogen-bond donors (Lipinski definition) is 1. The highest BCUT2D eigenvalue weighted by molar-refractivity contribution is 9.12. The van der Waals surface area contributed by atoms with Crippen molar-refractivity contribution in [3.63, 3.8) is 0 Å². The maximum Gasteiger partial charge on any atom is 0.0749 e. The third-order valence-electron chi connectivity index (χ3n) is 3.69. The maximum absolute atomic E-state index is 10.2. The Bertz CT molecular complexity index is 253. The standard InChI is InChI=1S/C10H16Br2O2/c1-9(2)5-4-6(14-9)10(3,12)8(11)7(5)13/h5-8,13H,4H2,1-3H3. The first-order valence-corrected chi connectivity index (χ1v) is 6.66. The number of rotatable bonds is 0. The number of hydrogen-bond acceptors (Lipinski definition) is 2. The topological polar surface area (TPSA) is 29.5 Å². The van der Waals surface area contributed by atoms with Gasteiger partial charge in [0.25, 0.3) is 0 Å². The molecule has 2 rings (SSSR count). The Morgan fingerprint density at radius 3 is 2.50 bits per heavy atom. The Morgan fingerprint density at radius 2 is 1.93 bits per heavy atom. The largest absolute Gasteiger partial charge is 0.392 e. The van der Waals surface area contributed by atoms with Crippen LogP contribution in [0.5, 0.6) is 0 Å². The van der Waals surface area contributed by atoms with E-state index in [4.69, 9.17) is 4.74 Å². The van der Waals surface area contributed by atoms with Crippen LogP contribution >= 0.6 is 31.9 Å². The van der Waals surface area contributed by atoms with E-state index in [0.29, 0.717) is 0 Å². The summed E-state index contributed by atoms with van der Waals surface area (Å²) in [6.07, 6.45) is 0.793. The van der Waals surface area contributed by atoms with Gasteiger partial charge in [-0.05, 0) is 27.2 Å². The predicted octanol–water partition coefficient (Wildman–Crippen LogP) is 2.46. The fourth-order valence-corrected chi connectivity index (χ4v) is 3.84. The molecule has 0 aromatic heterocycles. The van der Waals surface area contributed by atoms with Crippen molar-refractivity contribution in [3.8, 4) is 0 Å². The van der Waals surface area contributed by atoms with E-state index in [9.17, 15) is 5.11 Å². The van der Waals surface area contributed by atoms with E-state index in [2.05, 4.69) is 52.6 Å². The Kier molecular flexibility index (Phi) is 2.59. The summed E-state index contributed by atoms with van der Waals surface area (Å²) in [6, 6.07) is 0. The van der Waals surface area contributed by atoms with Crippen LogP contribution in [-0.2, 0) is 4.74 Å². The average Bonchev–Trinajstić information content (AvgIpc) is 2.35.